The molecule has 0 amide bonds. The van der Waals surface area contributed by atoms with Crippen LogP contribution in [0.4, 0.5) is 0 Å². The number of rotatable bonds is 11. The van der Waals surface area contributed by atoms with Crippen LogP contribution in [0, 0.1) is 0 Å². The molecule has 0 saturated carbocycles. The molecule has 0 unspecified atom stereocenters. The number of esters is 2. The smallest absolute Gasteiger partial charge is 0.341 e. The number of carbonyl (C=O) groups excluding carboxylic acids is 2. The van der Waals surface area contributed by atoms with Crippen LogP contribution < -0.4 is 5.56 Å². The standard InChI is InChI=1S/C19H19N3O3.C14H15ClN2O2/c1-2-25-19(24)17-11-20-22(14-17)13-16-8-6-15(7-9-16)12-21-10-4-3-5-18(21)23;1-2-19-14(18)13-8-16-17(10-13)9-12-5-3-11(7-15)4-6-12/h3-11,14H,2,12-13H2,1H3;3-6,8,10H,2,7,9H2,1H3. The fraction of sp³-hybridized carbons (Fsp3) is 0.242. The maximum atomic E-state index is 11.7. The molecule has 3 aromatic heterocycles. The van der Waals surface area contributed by atoms with Crippen LogP contribution in [-0.4, -0.2) is 49.3 Å². The highest BCUT2D eigenvalue weighted by Crippen LogP contribution is 2.10. The summed E-state index contributed by atoms with van der Waals surface area (Å²) in [4.78, 5) is 34.9. The normalized spacial score (nSPS) is 10.5. The van der Waals surface area contributed by atoms with Gasteiger partial charge in [-0.15, -0.1) is 11.6 Å². The summed E-state index contributed by atoms with van der Waals surface area (Å²) in [5.41, 5.74) is 5.19. The number of carbonyl (C=O) groups is 2. The van der Waals surface area contributed by atoms with E-state index in [1.165, 1.54) is 12.4 Å². The molecule has 5 aromatic rings. The maximum absolute atomic E-state index is 11.7. The summed E-state index contributed by atoms with van der Waals surface area (Å²) in [5, 5.41) is 8.33. The second kappa shape index (κ2) is 16.0. The van der Waals surface area contributed by atoms with Gasteiger partial charge < -0.3 is 14.0 Å². The maximum Gasteiger partial charge on any atom is 0.341 e. The van der Waals surface area contributed by atoms with Crippen LogP contribution in [-0.2, 0) is 35.0 Å². The van der Waals surface area contributed by atoms with Crippen molar-refractivity contribution in [3.05, 3.63) is 141 Å². The van der Waals surface area contributed by atoms with E-state index in [2.05, 4.69) is 10.2 Å². The molecule has 11 heteroatoms. The number of nitrogens with zero attached hydrogens (tertiary/aromatic N) is 5. The molecule has 228 valence electrons. The molecular weight excluding hydrogens is 582 g/mol. The number of hydrogen-bond acceptors (Lipinski definition) is 7. The highest BCUT2D eigenvalue weighted by molar-refractivity contribution is 6.17. The van der Waals surface area contributed by atoms with E-state index in [4.69, 9.17) is 21.1 Å². The van der Waals surface area contributed by atoms with Crippen molar-refractivity contribution in [2.75, 3.05) is 13.2 Å². The van der Waals surface area contributed by atoms with Gasteiger partial charge in [0.25, 0.3) is 5.56 Å². The second-order valence-corrected chi connectivity index (χ2v) is 9.99. The first-order chi connectivity index (χ1) is 21.4. The van der Waals surface area contributed by atoms with Gasteiger partial charge in [0, 0.05) is 30.5 Å². The molecule has 0 atom stereocenters. The van der Waals surface area contributed by atoms with Crippen molar-refractivity contribution in [2.45, 2.75) is 39.4 Å². The van der Waals surface area contributed by atoms with Crippen molar-refractivity contribution in [1.29, 1.82) is 0 Å². The average molecular weight is 616 g/mol. The van der Waals surface area contributed by atoms with Crippen LogP contribution in [0.5, 0.6) is 0 Å². The monoisotopic (exact) mass is 615 g/mol. The van der Waals surface area contributed by atoms with Gasteiger partial charge in [0.15, 0.2) is 0 Å². The molecule has 10 nitrogen and oxygen atoms in total. The molecule has 0 saturated heterocycles. The highest BCUT2D eigenvalue weighted by atomic mass is 35.5. The summed E-state index contributed by atoms with van der Waals surface area (Å²) >= 11 is 5.74. The molecule has 5 rings (SSSR count). The van der Waals surface area contributed by atoms with Gasteiger partial charge in [-0.2, -0.15) is 10.2 Å². The van der Waals surface area contributed by atoms with Gasteiger partial charge in [-0.1, -0.05) is 54.6 Å². The molecule has 0 aliphatic heterocycles. The Labute approximate surface area is 260 Å². The first-order valence-electron chi connectivity index (χ1n) is 14.1. The second-order valence-electron chi connectivity index (χ2n) is 9.73. The van der Waals surface area contributed by atoms with Crippen molar-refractivity contribution >= 4 is 23.5 Å². The van der Waals surface area contributed by atoms with E-state index in [1.807, 2.05) is 54.6 Å². The lowest BCUT2D eigenvalue weighted by molar-refractivity contribution is 0.0516. The number of benzene rings is 2. The SMILES string of the molecule is CCOC(=O)c1cnn(Cc2ccc(CCl)cc2)c1.CCOC(=O)c1cnn(Cc2ccc(Cn3ccccc3=O)cc2)c1. The Morgan fingerprint density at radius 3 is 1.57 bits per heavy atom. The first kappa shape index (κ1) is 32.0. The van der Waals surface area contributed by atoms with Crippen molar-refractivity contribution in [3.63, 3.8) is 0 Å². The Balaban J connectivity index is 0.000000209. The summed E-state index contributed by atoms with van der Waals surface area (Å²) in [6.45, 7) is 5.97. The van der Waals surface area contributed by atoms with Crippen molar-refractivity contribution in [3.8, 4) is 0 Å². The Morgan fingerprint density at radius 2 is 1.14 bits per heavy atom. The zero-order chi connectivity index (χ0) is 31.3. The predicted molar refractivity (Wildman–Crippen MR) is 167 cm³/mol. The third-order valence-corrected chi connectivity index (χ3v) is 6.74. The number of pyridine rings is 1. The van der Waals surface area contributed by atoms with Crippen LogP contribution in [0.25, 0.3) is 0 Å². The van der Waals surface area contributed by atoms with Crippen molar-refractivity contribution in [2.24, 2.45) is 0 Å². The summed E-state index contributed by atoms with van der Waals surface area (Å²) in [5.74, 6) is -0.196. The van der Waals surface area contributed by atoms with Crippen LogP contribution in [0.3, 0.4) is 0 Å². The quantitative estimate of drug-likeness (QED) is 0.149. The molecule has 44 heavy (non-hydrogen) atoms. The van der Waals surface area contributed by atoms with Gasteiger partial charge in [-0.25, -0.2) is 9.59 Å². The molecule has 0 aliphatic rings. The van der Waals surface area contributed by atoms with E-state index >= 15 is 0 Å². The molecule has 0 N–H and O–H groups in total. The lowest BCUT2D eigenvalue weighted by Gasteiger charge is -2.07. The minimum Gasteiger partial charge on any atom is -0.462 e. The summed E-state index contributed by atoms with van der Waals surface area (Å²) in [7, 11) is 0. The van der Waals surface area contributed by atoms with Crippen molar-refractivity contribution in [1.82, 2.24) is 24.1 Å². The summed E-state index contributed by atoms with van der Waals surface area (Å²) in [6, 6.07) is 21.1. The number of hydrogen-bond donors (Lipinski definition) is 0. The van der Waals surface area contributed by atoms with E-state index in [0.29, 0.717) is 49.9 Å². The van der Waals surface area contributed by atoms with Gasteiger partial charge in [0.2, 0.25) is 0 Å². The van der Waals surface area contributed by atoms with E-state index in [0.717, 1.165) is 22.3 Å². The van der Waals surface area contributed by atoms with Gasteiger partial charge in [0.1, 0.15) is 0 Å². The van der Waals surface area contributed by atoms with Crippen LogP contribution in [0.2, 0.25) is 0 Å². The Morgan fingerprint density at radius 1 is 0.682 bits per heavy atom. The molecule has 0 fully saturated rings. The highest BCUT2D eigenvalue weighted by Gasteiger charge is 2.10. The number of aromatic nitrogens is 5. The predicted octanol–water partition coefficient (Wildman–Crippen LogP) is 5.17. The molecule has 0 bridgehead atoms. The van der Waals surface area contributed by atoms with Crippen LogP contribution in [0.15, 0.2) is 103 Å². The third-order valence-electron chi connectivity index (χ3n) is 6.43. The van der Waals surface area contributed by atoms with E-state index in [9.17, 15) is 14.4 Å². The Kier molecular flexibility index (Phi) is 11.7. The molecule has 0 spiro atoms. The first-order valence-corrected chi connectivity index (χ1v) is 14.7. The van der Waals surface area contributed by atoms with Gasteiger partial charge >= 0.3 is 11.9 Å². The molecule has 3 heterocycles. The van der Waals surface area contributed by atoms with Gasteiger partial charge in [-0.05, 0) is 42.2 Å². The summed E-state index contributed by atoms with van der Waals surface area (Å²) in [6.07, 6.45) is 8.17. The minimum atomic E-state index is -0.364. The number of ether oxygens (including phenoxy) is 2. The lowest BCUT2D eigenvalue weighted by Crippen LogP contribution is -2.18. The molecule has 2 aromatic carbocycles. The molecule has 0 aliphatic carbocycles. The Hall–Kier alpha value is -4.96. The Bertz CT molecular complexity index is 1710. The van der Waals surface area contributed by atoms with Gasteiger partial charge in [-0.3, -0.25) is 14.2 Å². The zero-order valence-electron chi connectivity index (χ0n) is 24.6. The van der Waals surface area contributed by atoms with Crippen LogP contribution in [0.1, 0.15) is 56.8 Å². The van der Waals surface area contributed by atoms with E-state index in [-0.39, 0.29) is 17.5 Å². The molecule has 0 radical (unpaired) electrons. The topological polar surface area (TPSA) is 110 Å². The van der Waals surface area contributed by atoms with Crippen molar-refractivity contribution < 1.29 is 19.1 Å². The average Bonchev–Trinajstić information content (AvgIpc) is 3.70. The van der Waals surface area contributed by atoms with E-state index < -0.39 is 0 Å². The third kappa shape index (κ3) is 9.27. The number of alkyl halides is 1. The number of halogens is 1. The molecular formula is C33H34ClN5O5. The lowest BCUT2D eigenvalue weighted by atomic mass is 10.1. The fourth-order valence-electron chi connectivity index (χ4n) is 4.19. The fourth-order valence-corrected chi connectivity index (χ4v) is 4.36. The van der Waals surface area contributed by atoms with E-state index in [1.54, 1.807) is 58.5 Å². The van der Waals surface area contributed by atoms with Gasteiger partial charge in [0.05, 0.1) is 56.4 Å². The zero-order valence-corrected chi connectivity index (χ0v) is 25.4. The largest absolute Gasteiger partial charge is 0.462 e. The van der Waals surface area contributed by atoms with Crippen LogP contribution >= 0.6 is 11.6 Å². The minimum absolute atomic E-state index is 0.0189. The summed E-state index contributed by atoms with van der Waals surface area (Å²) < 4.78 is 14.9.